The number of halogens is 1. The number of nitrogens with one attached hydrogen (secondary N) is 1. The Bertz CT molecular complexity index is 980. The van der Waals surface area contributed by atoms with Crippen LogP contribution in [0.2, 0.25) is 0 Å². The molecule has 2 aromatic carbocycles. The number of likely N-dealkylation sites (tertiary alicyclic amines) is 1. The molecule has 32 heavy (non-hydrogen) atoms. The number of hydrogen-bond acceptors (Lipinski definition) is 5. The number of carbonyl (C=O) groups excluding carboxylic acids is 2. The summed E-state index contributed by atoms with van der Waals surface area (Å²) in [6, 6.07) is 15.2. The molecule has 1 fully saturated rings. The highest BCUT2D eigenvalue weighted by atomic mass is 19.1. The van der Waals surface area contributed by atoms with Crippen LogP contribution >= 0.6 is 0 Å². The Balaban J connectivity index is 1.34. The molecule has 2 heterocycles. The van der Waals surface area contributed by atoms with Crippen molar-refractivity contribution in [2.75, 3.05) is 24.6 Å². The first-order valence-corrected chi connectivity index (χ1v) is 11.0. The third-order valence-corrected chi connectivity index (χ3v) is 6.00. The van der Waals surface area contributed by atoms with E-state index < -0.39 is 11.9 Å². The lowest BCUT2D eigenvalue weighted by Gasteiger charge is -2.32. The highest BCUT2D eigenvalue weighted by molar-refractivity contribution is 6.40. The Morgan fingerprint density at radius 3 is 2.59 bits per heavy atom. The minimum atomic E-state index is -0.766. The van der Waals surface area contributed by atoms with Crippen molar-refractivity contribution in [1.82, 2.24) is 10.2 Å². The normalized spacial score (nSPS) is 21.3. The molecule has 2 aromatic rings. The Morgan fingerprint density at radius 2 is 1.88 bits per heavy atom. The molecule has 2 amide bonds. The average molecular weight is 438 g/mol. The van der Waals surface area contributed by atoms with E-state index in [0.29, 0.717) is 18.2 Å². The van der Waals surface area contributed by atoms with Gasteiger partial charge in [-0.1, -0.05) is 30.3 Å². The maximum absolute atomic E-state index is 13.2. The van der Waals surface area contributed by atoms with Gasteiger partial charge in [0.25, 0.3) is 5.91 Å². The minimum Gasteiger partial charge on any atom is -0.368 e. The number of primary amides is 1. The molecule has 0 aliphatic carbocycles. The lowest BCUT2D eigenvalue weighted by atomic mass is 9.97. The number of nitrogens with zero attached hydrogens (tertiary/aromatic N) is 3. The first-order valence-electron chi connectivity index (χ1n) is 11.0. The molecule has 7 nitrogen and oxygen atoms in total. The van der Waals surface area contributed by atoms with E-state index in [0.717, 1.165) is 32.5 Å². The summed E-state index contributed by atoms with van der Waals surface area (Å²) in [5.41, 5.74) is 7.58. The van der Waals surface area contributed by atoms with E-state index in [1.807, 2.05) is 18.2 Å². The molecule has 0 spiro atoms. The molecule has 2 atom stereocenters. The number of piperidine rings is 1. The standard InChI is InChI=1S/C24H28FN5O2/c25-19-8-10-20(11-9-19)30-22(23(26)31)13-21(28-30)24(32)27-14-18-7-4-12-29(16-18)15-17-5-2-1-3-6-17/h1-3,5-6,8-11,18,22H,4,7,12-16H2,(H2,26,31)(H,27,32). The van der Waals surface area contributed by atoms with Crippen LogP contribution < -0.4 is 16.1 Å². The van der Waals surface area contributed by atoms with Crippen molar-refractivity contribution in [3.05, 3.63) is 66.0 Å². The summed E-state index contributed by atoms with van der Waals surface area (Å²) >= 11 is 0. The van der Waals surface area contributed by atoms with E-state index in [1.54, 1.807) is 0 Å². The van der Waals surface area contributed by atoms with E-state index >= 15 is 0 Å². The van der Waals surface area contributed by atoms with Crippen molar-refractivity contribution >= 4 is 23.2 Å². The highest BCUT2D eigenvalue weighted by Crippen LogP contribution is 2.25. The third-order valence-electron chi connectivity index (χ3n) is 6.00. The molecular formula is C24H28FN5O2. The summed E-state index contributed by atoms with van der Waals surface area (Å²) < 4.78 is 13.2. The Labute approximate surface area is 187 Å². The van der Waals surface area contributed by atoms with Crippen molar-refractivity contribution in [3.63, 3.8) is 0 Å². The molecule has 0 bridgehead atoms. The number of hydrogen-bond donors (Lipinski definition) is 2. The van der Waals surface area contributed by atoms with Crippen LogP contribution in [0, 0.1) is 11.7 Å². The zero-order chi connectivity index (χ0) is 22.5. The molecule has 2 aliphatic rings. The van der Waals surface area contributed by atoms with E-state index in [9.17, 15) is 14.0 Å². The largest absolute Gasteiger partial charge is 0.368 e. The first-order chi connectivity index (χ1) is 15.5. The molecule has 2 aliphatic heterocycles. The van der Waals surface area contributed by atoms with Gasteiger partial charge < -0.3 is 11.1 Å². The van der Waals surface area contributed by atoms with Gasteiger partial charge in [0.15, 0.2) is 0 Å². The number of hydrazone groups is 1. The van der Waals surface area contributed by atoms with Crippen LogP contribution in [0.5, 0.6) is 0 Å². The van der Waals surface area contributed by atoms with Crippen molar-refractivity contribution in [3.8, 4) is 0 Å². The van der Waals surface area contributed by atoms with E-state index in [2.05, 4.69) is 27.5 Å². The van der Waals surface area contributed by atoms with Gasteiger partial charge in [0.05, 0.1) is 5.69 Å². The molecule has 0 saturated carbocycles. The predicted octanol–water partition coefficient (Wildman–Crippen LogP) is 2.27. The molecule has 2 unspecified atom stereocenters. The fourth-order valence-corrected chi connectivity index (χ4v) is 4.34. The molecule has 168 valence electrons. The molecule has 4 rings (SSSR count). The van der Waals surface area contributed by atoms with Crippen LogP contribution in [0.4, 0.5) is 10.1 Å². The smallest absolute Gasteiger partial charge is 0.267 e. The number of nitrogens with two attached hydrogens (primary N) is 1. The minimum absolute atomic E-state index is 0.128. The van der Waals surface area contributed by atoms with Crippen molar-refractivity contribution < 1.29 is 14.0 Å². The third kappa shape index (κ3) is 5.31. The second kappa shape index (κ2) is 9.91. The zero-order valence-electron chi connectivity index (χ0n) is 17.9. The second-order valence-electron chi connectivity index (χ2n) is 8.43. The Morgan fingerprint density at radius 1 is 1.12 bits per heavy atom. The van der Waals surface area contributed by atoms with Gasteiger partial charge in [-0.25, -0.2) is 4.39 Å². The van der Waals surface area contributed by atoms with Gasteiger partial charge in [0, 0.05) is 26.1 Å². The lowest BCUT2D eigenvalue weighted by Crippen LogP contribution is -2.42. The first kappa shape index (κ1) is 22.0. The van der Waals surface area contributed by atoms with Crippen molar-refractivity contribution in [2.24, 2.45) is 16.8 Å². The second-order valence-corrected chi connectivity index (χ2v) is 8.43. The van der Waals surface area contributed by atoms with Crippen LogP contribution in [0.3, 0.4) is 0 Å². The van der Waals surface area contributed by atoms with Crippen LogP contribution in [0.1, 0.15) is 24.8 Å². The summed E-state index contributed by atoms with van der Waals surface area (Å²) in [6.07, 6.45) is 2.28. The summed E-state index contributed by atoms with van der Waals surface area (Å²) in [5, 5.41) is 8.72. The van der Waals surface area contributed by atoms with Gasteiger partial charge in [-0.15, -0.1) is 0 Å². The topological polar surface area (TPSA) is 91.0 Å². The van der Waals surface area contributed by atoms with Crippen LogP contribution in [-0.2, 0) is 16.1 Å². The van der Waals surface area contributed by atoms with E-state index in [-0.39, 0.29) is 23.9 Å². The SMILES string of the molecule is NC(=O)C1CC(C(=O)NCC2CCCN(Cc3ccccc3)C2)=NN1c1ccc(F)cc1. The number of anilines is 1. The van der Waals surface area contributed by atoms with Crippen molar-refractivity contribution in [2.45, 2.75) is 31.8 Å². The zero-order valence-corrected chi connectivity index (χ0v) is 17.9. The summed E-state index contributed by atoms with van der Waals surface area (Å²) in [4.78, 5) is 27.1. The molecular weight excluding hydrogens is 409 g/mol. The number of carbonyl (C=O) groups is 2. The molecule has 1 saturated heterocycles. The van der Waals surface area contributed by atoms with Gasteiger partial charge in [-0.05, 0) is 55.1 Å². The quantitative estimate of drug-likeness (QED) is 0.695. The molecule has 8 heteroatoms. The Kier molecular flexibility index (Phi) is 6.80. The van der Waals surface area contributed by atoms with Gasteiger partial charge in [0.1, 0.15) is 17.6 Å². The van der Waals surface area contributed by atoms with Gasteiger partial charge in [-0.3, -0.25) is 19.5 Å². The van der Waals surface area contributed by atoms with Crippen molar-refractivity contribution in [1.29, 1.82) is 0 Å². The Hall–Kier alpha value is -3.26. The predicted molar refractivity (Wildman–Crippen MR) is 121 cm³/mol. The average Bonchev–Trinajstić information content (AvgIpc) is 3.25. The highest BCUT2D eigenvalue weighted by Gasteiger charge is 2.35. The fraction of sp³-hybridized carbons (Fsp3) is 0.375. The molecule has 0 radical (unpaired) electrons. The summed E-state index contributed by atoms with van der Waals surface area (Å²) in [5.74, 6) is -0.899. The van der Waals surface area contributed by atoms with Crippen LogP contribution in [0.15, 0.2) is 59.7 Å². The fourth-order valence-electron chi connectivity index (χ4n) is 4.34. The van der Waals surface area contributed by atoms with Gasteiger partial charge in [0.2, 0.25) is 5.91 Å². The summed E-state index contributed by atoms with van der Waals surface area (Å²) in [6.45, 7) is 3.44. The number of benzene rings is 2. The van der Waals surface area contributed by atoms with Gasteiger partial charge in [-0.2, -0.15) is 5.10 Å². The summed E-state index contributed by atoms with van der Waals surface area (Å²) in [7, 11) is 0. The maximum Gasteiger partial charge on any atom is 0.267 e. The van der Waals surface area contributed by atoms with Crippen LogP contribution in [-0.4, -0.2) is 48.1 Å². The maximum atomic E-state index is 13.2. The monoisotopic (exact) mass is 437 g/mol. The van der Waals surface area contributed by atoms with Crippen LogP contribution in [0.25, 0.3) is 0 Å². The van der Waals surface area contributed by atoms with Gasteiger partial charge >= 0.3 is 0 Å². The van der Waals surface area contributed by atoms with E-state index in [1.165, 1.54) is 34.8 Å². The lowest BCUT2D eigenvalue weighted by molar-refractivity contribution is -0.119. The number of amides is 2. The number of rotatable bonds is 7. The molecule has 3 N–H and O–H groups in total. The molecule has 0 aromatic heterocycles. The van der Waals surface area contributed by atoms with E-state index in [4.69, 9.17) is 5.73 Å².